The highest BCUT2D eigenvalue weighted by Crippen LogP contribution is 2.43. The summed E-state index contributed by atoms with van der Waals surface area (Å²) in [6, 6.07) is 1.89. The van der Waals surface area contributed by atoms with Gasteiger partial charge in [-0.25, -0.2) is 0 Å². The lowest BCUT2D eigenvalue weighted by molar-refractivity contribution is -0.152. The second-order valence-corrected chi connectivity index (χ2v) is 7.63. The molecule has 1 atom stereocenters. The number of cyclic esters (lactones) is 1. The van der Waals surface area contributed by atoms with E-state index in [0.717, 1.165) is 38.8 Å². The maximum absolute atomic E-state index is 12.4. The predicted octanol–water partition coefficient (Wildman–Crippen LogP) is 0.850. The third-order valence-electron chi connectivity index (χ3n) is 5.30. The van der Waals surface area contributed by atoms with Gasteiger partial charge in [-0.15, -0.1) is 0 Å². The zero-order valence-electron chi connectivity index (χ0n) is 16.6. The minimum atomic E-state index is -0.369. The number of hydrogen-bond acceptors (Lipinski definition) is 6. The van der Waals surface area contributed by atoms with Crippen molar-refractivity contribution in [1.82, 2.24) is 19.6 Å². The van der Waals surface area contributed by atoms with Gasteiger partial charge in [0.05, 0.1) is 5.41 Å². The van der Waals surface area contributed by atoms with Gasteiger partial charge in [-0.1, -0.05) is 0 Å². The number of likely N-dealkylation sites (N-methyl/N-ethyl adjacent to an activating group) is 1. The van der Waals surface area contributed by atoms with Crippen molar-refractivity contribution >= 4 is 18.3 Å². The Kier molecular flexibility index (Phi) is 7.98. The normalized spacial score (nSPS) is 20.6. The molecule has 3 rings (SSSR count). The van der Waals surface area contributed by atoms with E-state index in [-0.39, 0.29) is 29.9 Å². The van der Waals surface area contributed by atoms with E-state index in [2.05, 4.69) is 10.00 Å². The molecular formula is C19H30N4O5. The number of aryl methyl sites for hydroxylation is 1. The molecule has 1 N–H and O–H groups in total. The monoisotopic (exact) mass is 394 g/mol. The average molecular weight is 394 g/mol. The van der Waals surface area contributed by atoms with Crippen LogP contribution in [0.15, 0.2) is 18.5 Å². The first kappa shape index (κ1) is 21.9. The minimum absolute atomic E-state index is 0.0150. The van der Waals surface area contributed by atoms with Crippen molar-refractivity contribution in [1.29, 1.82) is 0 Å². The summed E-state index contributed by atoms with van der Waals surface area (Å²) in [7, 11) is 3.98. The van der Waals surface area contributed by atoms with Crippen LogP contribution < -0.4 is 0 Å². The van der Waals surface area contributed by atoms with Gasteiger partial charge in [0.2, 0.25) is 5.91 Å². The van der Waals surface area contributed by atoms with E-state index in [0.29, 0.717) is 19.5 Å². The van der Waals surface area contributed by atoms with E-state index in [1.54, 1.807) is 6.20 Å². The van der Waals surface area contributed by atoms with Crippen molar-refractivity contribution in [3.05, 3.63) is 18.5 Å². The fourth-order valence-corrected chi connectivity index (χ4v) is 3.92. The molecule has 0 aliphatic carbocycles. The number of rotatable bonds is 6. The van der Waals surface area contributed by atoms with Crippen LogP contribution in [0, 0.1) is 5.41 Å². The number of nitrogens with zero attached hydrogens (tertiary/aromatic N) is 4. The second kappa shape index (κ2) is 10.2. The van der Waals surface area contributed by atoms with Crippen molar-refractivity contribution in [2.75, 3.05) is 33.7 Å². The van der Waals surface area contributed by atoms with Gasteiger partial charge in [0.25, 0.3) is 6.47 Å². The highest BCUT2D eigenvalue weighted by Gasteiger charge is 2.50. The quantitative estimate of drug-likeness (QED) is 0.563. The molecule has 9 heteroatoms. The van der Waals surface area contributed by atoms with Gasteiger partial charge < -0.3 is 19.6 Å². The molecule has 2 aliphatic heterocycles. The predicted molar refractivity (Wildman–Crippen MR) is 101 cm³/mol. The maximum atomic E-state index is 12.4. The van der Waals surface area contributed by atoms with Crippen LogP contribution in [0.2, 0.25) is 0 Å². The van der Waals surface area contributed by atoms with E-state index in [1.165, 1.54) is 0 Å². The number of carbonyl (C=O) groups excluding carboxylic acids is 2. The number of carboxylic acid groups (broad SMARTS) is 1. The van der Waals surface area contributed by atoms with Crippen molar-refractivity contribution in [2.24, 2.45) is 5.41 Å². The van der Waals surface area contributed by atoms with E-state index in [9.17, 15) is 9.59 Å². The molecule has 28 heavy (non-hydrogen) atoms. The third kappa shape index (κ3) is 5.79. The van der Waals surface area contributed by atoms with Crippen molar-refractivity contribution < 1.29 is 24.2 Å². The molecule has 0 aromatic carbocycles. The first-order chi connectivity index (χ1) is 13.4. The zero-order chi connectivity index (χ0) is 20.6. The summed E-state index contributed by atoms with van der Waals surface area (Å²) in [5, 5.41) is 11.0. The SMILES string of the molecule is CN(C)CC1CC2(CCN(C(=O)CCCn3cccn3)CC2)C(=O)O1.O=CO. The summed E-state index contributed by atoms with van der Waals surface area (Å²) in [5.41, 5.74) is -0.369. The van der Waals surface area contributed by atoms with E-state index in [1.807, 2.05) is 35.9 Å². The number of esters is 1. The zero-order valence-corrected chi connectivity index (χ0v) is 16.6. The number of hydrogen-bond donors (Lipinski definition) is 1. The lowest BCUT2D eigenvalue weighted by atomic mass is 9.76. The summed E-state index contributed by atoms with van der Waals surface area (Å²) in [5.74, 6) is 0.114. The van der Waals surface area contributed by atoms with Crippen LogP contribution in [0.5, 0.6) is 0 Å². The Morgan fingerprint density at radius 3 is 2.68 bits per heavy atom. The first-order valence-electron chi connectivity index (χ1n) is 9.59. The molecule has 1 amide bonds. The fourth-order valence-electron chi connectivity index (χ4n) is 3.92. The van der Waals surface area contributed by atoms with E-state index >= 15 is 0 Å². The van der Waals surface area contributed by atoms with Crippen molar-refractivity contribution in [2.45, 2.75) is 44.8 Å². The molecule has 9 nitrogen and oxygen atoms in total. The average Bonchev–Trinajstić information content (AvgIpc) is 3.24. The Morgan fingerprint density at radius 2 is 2.11 bits per heavy atom. The second-order valence-electron chi connectivity index (χ2n) is 7.63. The Hall–Kier alpha value is -2.42. The summed E-state index contributed by atoms with van der Waals surface area (Å²) in [6.07, 6.45) is 7.18. The molecule has 0 radical (unpaired) electrons. The number of amides is 1. The molecular weight excluding hydrogens is 364 g/mol. The topological polar surface area (TPSA) is 105 Å². The lowest BCUT2D eigenvalue weighted by Crippen LogP contribution is -2.45. The van der Waals surface area contributed by atoms with Gasteiger partial charge in [-0.05, 0) is 39.4 Å². The van der Waals surface area contributed by atoms with Gasteiger partial charge in [0, 0.05) is 51.4 Å². The first-order valence-corrected chi connectivity index (χ1v) is 9.59. The van der Waals surface area contributed by atoms with E-state index in [4.69, 9.17) is 14.6 Å². The Labute approximate surface area is 165 Å². The van der Waals surface area contributed by atoms with Crippen LogP contribution in [0.4, 0.5) is 0 Å². The number of carbonyl (C=O) groups is 3. The summed E-state index contributed by atoms with van der Waals surface area (Å²) in [4.78, 5) is 37.1. The molecule has 2 saturated heterocycles. The molecule has 156 valence electrons. The van der Waals surface area contributed by atoms with Gasteiger partial charge in [0.15, 0.2) is 0 Å². The molecule has 0 bridgehead atoms. The summed E-state index contributed by atoms with van der Waals surface area (Å²) in [6.45, 7) is 2.59. The van der Waals surface area contributed by atoms with Gasteiger partial charge in [-0.2, -0.15) is 5.10 Å². The van der Waals surface area contributed by atoms with Crippen LogP contribution in [0.1, 0.15) is 32.1 Å². The third-order valence-corrected chi connectivity index (χ3v) is 5.30. The fraction of sp³-hybridized carbons (Fsp3) is 0.684. The summed E-state index contributed by atoms with van der Waals surface area (Å²) < 4.78 is 7.42. The molecule has 1 unspecified atom stereocenters. The number of aromatic nitrogens is 2. The van der Waals surface area contributed by atoms with Crippen molar-refractivity contribution in [3.63, 3.8) is 0 Å². The number of likely N-dealkylation sites (tertiary alicyclic amines) is 1. The molecule has 0 saturated carbocycles. The molecule has 1 spiro atoms. The van der Waals surface area contributed by atoms with E-state index < -0.39 is 0 Å². The largest absolute Gasteiger partial charge is 0.483 e. The smallest absolute Gasteiger partial charge is 0.312 e. The minimum Gasteiger partial charge on any atom is -0.483 e. The molecule has 1 aromatic rings. The van der Waals surface area contributed by atoms with Crippen LogP contribution >= 0.6 is 0 Å². The van der Waals surface area contributed by atoms with Crippen LogP contribution in [-0.4, -0.2) is 82.9 Å². The van der Waals surface area contributed by atoms with Gasteiger partial charge in [-0.3, -0.25) is 19.1 Å². The van der Waals surface area contributed by atoms with Gasteiger partial charge in [0.1, 0.15) is 6.10 Å². The maximum Gasteiger partial charge on any atom is 0.312 e. The standard InChI is InChI=1S/C18H28N4O3.CH2O2/c1-20(2)14-15-13-18(17(24)25-15)6-11-21(12-7-18)16(23)5-3-9-22-10-4-8-19-22;2-1-3/h4,8,10,15H,3,5-7,9,11-14H2,1-2H3;1H,(H,2,3). The number of ether oxygens (including phenoxy) is 1. The highest BCUT2D eigenvalue weighted by molar-refractivity contribution is 5.80. The van der Waals surface area contributed by atoms with Crippen LogP contribution in [0.3, 0.4) is 0 Å². The Morgan fingerprint density at radius 1 is 1.43 bits per heavy atom. The van der Waals surface area contributed by atoms with Gasteiger partial charge >= 0.3 is 5.97 Å². The Bertz CT molecular complexity index is 639. The highest BCUT2D eigenvalue weighted by atomic mass is 16.6. The Balaban J connectivity index is 0.000000878. The van der Waals surface area contributed by atoms with Crippen LogP contribution in [0.25, 0.3) is 0 Å². The number of piperidine rings is 1. The molecule has 2 fully saturated rings. The van der Waals surface area contributed by atoms with Crippen LogP contribution in [-0.2, 0) is 25.7 Å². The molecule has 1 aromatic heterocycles. The van der Waals surface area contributed by atoms with Crippen molar-refractivity contribution in [3.8, 4) is 0 Å². The molecule has 2 aliphatic rings. The lowest BCUT2D eigenvalue weighted by Gasteiger charge is -2.36. The molecule has 3 heterocycles. The summed E-state index contributed by atoms with van der Waals surface area (Å²) >= 11 is 0.